The number of rotatable bonds is 8. The first-order chi connectivity index (χ1) is 14.4. The lowest BCUT2D eigenvalue weighted by Gasteiger charge is -2.28. The SMILES string of the molecule is CC[C@H](C)[C@@H](C(=O)OCC(=O)NCc1ccccc1)N1C(=O)c2ccccc2C1=O. The molecule has 0 aliphatic carbocycles. The lowest BCUT2D eigenvalue weighted by Crippen LogP contribution is -2.49. The molecule has 0 fully saturated rings. The predicted molar refractivity (Wildman–Crippen MR) is 109 cm³/mol. The van der Waals surface area contributed by atoms with E-state index in [2.05, 4.69) is 5.32 Å². The van der Waals surface area contributed by atoms with E-state index in [4.69, 9.17) is 4.74 Å². The van der Waals surface area contributed by atoms with Crippen LogP contribution in [0.5, 0.6) is 0 Å². The van der Waals surface area contributed by atoms with E-state index in [-0.39, 0.29) is 17.0 Å². The smallest absolute Gasteiger partial charge is 0.330 e. The molecule has 0 spiro atoms. The summed E-state index contributed by atoms with van der Waals surface area (Å²) in [5.41, 5.74) is 1.45. The maximum Gasteiger partial charge on any atom is 0.330 e. The average molecular weight is 408 g/mol. The van der Waals surface area contributed by atoms with Crippen molar-refractivity contribution < 1.29 is 23.9 Å². The quantitative estimate of drug-likeness (QED) is 0.535. The topological polar surface area (TPSA) is 92.8 Å². The Labute approximate surface area is 175 Å². The fourth-order valence-electron chi connectivity index (χ4n) is 3.35. The second-order valence-electron chi connectivity index (χ2n) is 7.23. The second-order valence-corrected chi connectivity index (χ2v) is 7.23. The molecule has 2 aromatic carbocycles. The molecule has 1 N–H and O–H groups in total. The number of nitrogens with zero attached hydrogens (tertiary/aromatic N) is 1. The van der Waals surface area contributed by atoms with Crippen molar-refractivity contribution in [1.29, 1.82) is 0 Å². The van der Waals surface area contributed by atoms with Gasteiger partial charge in [0.1, 0.15) is 6.04 Å². The molecule has 0 aromatic heterocycles. The summed E-state index contributed by atoms with van der Waals surface area (Å²) in [5.74, 6) is -2.60. The first-order valence-corrected chi connectivity index (χ1v) is 9.88. The maximum absolute atomic E-state index is 12.8. The van der Waals surface area contributed by atoms with Crippen molar-refractivity contribution in [2.45, 2.75) is 32.9 Å². The van der Waals surface area contributed by atoms with Crippen molar-refractivity contribution in [2.75, 3.05) is 6.61 Å². The van der Waals surface area contributed by atoms with Crippen LogP contribution >= 0.6 is 0 Å². The van der Waals surface area contributed by atoms with Gasteiger partial charge in [-0.3, -0.25) is 19.3 Å². The van der Waals surface area contributed by atoms with Gasteiger partial charge >= 0.3 is 5.97 Å². The number of hydrogen-bond donors (Lipinski definition) is 1. The molecule has 0 unspecified atom stereocenters. The monoisotopic (exact) mass is 408 g/mol. The Bertz CT molecular complexity index is 922. The van der Waals surface area contributed by atoms with E-state index in [1.807, 2.05) is 37.3 Å². The molecule has 7 heteroatoms. The fourth-order valence-corrected chi connectivity index (χ4v) is 3.35. The van der Waals surface area contributed by atoms with Crippen LogP contribution in [0.1, 0.15) is 46.5 Å². The van der Waals surface area contributed by atoms with Crippen LogP contribution in [0, 0.1) is 5.92 Å². The minimum atomic E-state index is -1.09. The van der Waals surface area contributed by atoms with Crippen molar-refractivity contribution in [2.24, 2.45) is 5.92 Å². The number of fused-ring (bicyclic) bond motifs is 1. The number of hydrogen-bond acceptors (Lipinski definition) is 5. The first kappa shape index (κ1) is 21.2. The molecular weight excluding hydrogens is 384 g/mol. The summed E-state index contributed by atoms with van der Waals surface area (Å²) in [6.45, 7) is 3.45. The van der Waals surface area contributed by atoms with Gasteiger partial charge in [0.2, 0.25) is 0 Å². The highest BCUT2D eigenvalue weighted by molar-refractivity contribution is 6.22. The molecule has 0 saturated carbocycles. The van der Waals surface area contributed by atoms with Crippen molar-refractivity contribution in [3.63, 3.8) is 0 Å². The van der Waals surface area contributed by atoms with Gasteiger partial charge in [-0.2, -0.15) is 0 Å². The molecule has 1 aliphatic rings. The molecule has 2 aromatic rings. The van der Waals surface area contributed by atoms with Crippen LogP contribution in [0.25, 0.3) is 0 Å². The zero-order chi connectivity index (χ0) is 21.7. The third-order valence-electron chi connectivity index (χ3n) is 5.21. The molecule has 3 rings (SSSR count). The molecule has 156 valence electrons. The molecule has 30 heavy (non-hydrogen) atoms. The number of esters is 1. The number of amides is 3. The average Bonchev–Trinajstić information content (AvgIpc) is 3.02. The van der Waals surface area contributed by atoms with Crippen molar-refractivity contribution in [3.05, 3.63) is 71.3 Å². The lowest BCUT2D eigenvalue weighted by molar-refractivity contribution is -0.154. The lowest BCUT2D eigenvalue weighted by atomic mass is 9.97. The Hall–Kier alpha value is -3.48. The summed E-state index contributed by atoms with van der Waals surface area (Å²) in [4.78, 5) is 51.4. The predicted octanol–water partition coefficient (Wildman–Crippen LogP) is 2.56. The zero-order valence-corrected chi connectivity index (χ0v) is 17.0. The van der Waals surface area contributed by atoms with Gasteiger partial charge in [0.15, 0.2) is 6.61 Å². The van der Waals surface area contributed by atoms with E-state index >= 15 is 0 Å². The van der Waals surface area contributed by atoms with Gasteiger partial charge in [0.05, 0.1) is 11.1 Å². The molecule has 0 bridgehead atoms. The van der Waals surface area contributed by atoms with Gasteiger partial charge < -0.3 is 10.1 Å². The van der Waals surface area contributed by atoms with Gasteiger partial charge in [-0.1, -0.05) is 62.7 Å². The maximum atomic E-state index is 12.8. The van der Waals surface area contributed by atoms with Crippen LogP contribution in [-0.4, -0.2) is 41.2 Å². The Morgan fingerprint density at radius 3 is 2.10 bits per heavy atom. The number of carbonyl (C=O) groups excluding carboxylic acids is 4. The van der Waals surface area contributed by atoms with E-state index in [1.165, 1.54) is 0 Å². The number of ether oxygens (including phenoxy) is 1. The summed E-state index contributed by atoms with van der Waals surface area (Å²) in [7, 11) is 0. The largest absolute Gasteiger partial charge is 0.454 e. The Balaban J connectivity index is 1.66. The molecule has 2 atom stereocenters. The van der Waals surface area contributed by atoms with E-state index < -0.39 is 36.3 Å². The van der Waals surface area contributed by atoms with Crippen molar-refractivity contribution in [1.82, 2.24) is 10.2 Å². The normalized spacial score (nSPS) is 14.8. The minimum absolute atomic E-state index is 0.268. The fraction of sp³-hybridized carbons (Fsp3) is 0.304. The van der Waals surface area contributed by atoms with Gasteiger partial charge in [-0.15, -0.1) is 0 Å². The highest BCUT2D eigenvalue weighted by Crippen LogP contribution is 2.28. The van der Waals surface area contributed by atoms with Crippen LogP contribution in [0.4, 0.5) is 0 Å². The standard InChI is InChI=1S/C23H24N2O5/c1-3-15(2)20(25-21(27)17-11-7-8-12-18(17)22(25)28)23(29)30-14-19(26)24-13-16-9-5-4-6-10-16/h4-12,15,20H,3,13-14H2,1-2H3,(H,24,26)/t15-,20-/m0/s1. The Morgan fingerprint density at radius 1 is 0.967 bits per heavy atom. The third-order valence-corrected chi connectivity index (χ3v) is 5.21. The van der Waals surface area contributed by atoms with Crippen molar-refractivity contribution in [3.8, 4) is 0 Å². The second kappa shape index (κ2) is 9.35. The third kappa shape index (κ3) is 4.40. The summed E-state index contributed by atoms with van der Waals surface area (Å²) in [6.07, 6.45) is 0.549. The van der Waals surface area contributed by atoms with E-state index in [0.717, 1.165) is 10.5 Å². The van der Waals surface area contributed by atoms with Gasteiger partial charge in [-0.25, -0.2) is 4.79 Å². The molecule has 1 aliphatic heterocycles. The van der Waals surface area contributed by atoms with E-state index in [9.17, 15) is 19.2 Å². The van der Waals surface area contributed by atoms with Crippen LogP contribution in [0.15, 0.2) is 54.6 Å². The van der Waals surface area contributed by atoms with Gasteiger partial charge in [0, 0.05) is 6.54 Å². The number of imide groups is 1. The van der Waals surface area contributed by atoms with Crippen molar-refractivity contribution >= 4 is 23.7 Å². The summed E-state index contributed by atoms with van der Waals surface area (Å²) in [6, 6.07) is 14.7. The summed E-state index contributed by atoms with van der Waals surface area (Å²) >= 11 is 0. The summed E-state index contributed by atoms with van der Waals surface area (Å²) in [5, 5.41) is 2.67. The first-order valence-electron chi connectivity index (χ1n) is 9.88. The number of carbonyl (C=O) groups is 4. The van der Waals surface area contributed by atoms with Gasteiger partial charge in [0.25, 0.3) is 17.7 Å². The molecule has 3 amide bonds. The molecule has 0 radical (unpaired) electrons. The number of benzene rings is 2. The van der Waals surface area contributed by atoms with Crippen LogP contribution in [0.3, 0.4) is 0 Å². The van der Waals surface area contributed by atoms with Crippen LogP contribution in [-0.2, 0) is 20.9 Å². The molecule has 0 saturated heterocycles. The summed E-state index contributed by atoms with van der Waals surface area (Å²) < 4.78 is 5.19. The molecule has 1 heterocycles. The van der Waals surface area contributed by atoms with E-state index in [1.54, 1.807) is 31.2 Å². The molecule has 7 nitrogen and oxygen atoms in total. The highest BCUT2D eigenvalue weighted by Gasteiger charge is 2.45. The van der Waals surface area contributed by atoms with Gasteiger partial charge in [-0.05, 0) is 23.6 Å². The zero-order valence-electron chi connectivity index (χ0n) is 17.0. The molecular formula is C23H24N2O5. The minimum Gasteiger partial charge on any atom is -0.454 e. The van der Waals surface area contributed by atoms with E-state index in [0.29, 0.717) is 13.0 Å². The van der Waals surface area contributed by atoms with Crippen LogP contribution in [0.2, 0.25) is 0 Å². The van der Waals surface area contributed by atoms with Crippen LogP contribution < -0.4 is 5.32 Å². The Kier molecular flexibility index (Phi) is 6.61. The Morgan fingerprint density at radius 2 is 1.53 bits per heavy atom. The number of nitrogens with one attached hydrogen (secondary N) is 1. The highest BCUT2D eigenvalue weighted by atomic mass is 16.5.